The number of amides is 1. The van der Waals surface area contributed by atoms with Gasteiger partial charge in [-0.1, -0.05) is 11.6 Å². The first-order valence-corrected chi connectivity index (χ1v) is 5.79. The van der Waals surface area contributed by atoms with Gasteiger partial charge in [0, 0.05) is 6.04 Å². The van der Waals surface area contributed by atoms with Gasteiger partial charge in [-0.2, -0.15) is 5.26 Å². The van der Waals surface area contributed by atoms with E-state index in [-0.39, 0.29) is 12.5 Å². The first-order valence-electron chi connectivity index (χ1n) is 5.42. The summed E-state index contributed by atoms with van der Waals surface area (Å²) < 4.78 is 0. The minimum atomic E-state index is -0.0343. The number of carbonyl (C=O) groups excluding carboxylic acids is 1. The van der Waals surface area contributed by atoms with Crippen molar-refractivity contribution in [1.82, 2.24) is 5.32 Å². The third-order valence-corrected chi connectivity index (χ3v) is 2.79. The minimum Gasteiger partial charge on any atom is -0.375 e. The van der Waals surface area contributed by atoms with Crippen LogP contribution < -0.4 is 10.6 Å². The molecule has 0 spiro atoms. The topological polar surface area (TPSA) is 64.9 Å². The van der Waals surface area contributed by atoms with Crippen molar-refractivity contribution in [2.45, 2.75) is 18.9 Å². The lowest BCUT2D eigenvalue weighted by molar-refractivity contribution is -0.119. The molecule has 0 aliphatic heterocycles. The van der Waals surface area contributed by atoms with E-state index in [1.165, 1.54) is 0 Å². The number of nitrogens with one attached hydrogen (secondary N) is 2. The van der Waals surface area contributed by atoms with Crippen LogP contribution in [0.25, 0.3) is 0 Å². The molecule has 0 aromatic heterocycles. The summed E-state index contributed by atoms with van der Waals surface area (Å²) in [7, 11) is 0. The molecule has 1 saturated carbocycles. The van der Waals surface area contributed by atoms with Crippen molar-refractivity contribution in [1.29, 1.82) is 5.26 Å². The standard InChI is InChI=1S/C12H12ClN3O/c13-10-5-8(6-14)1-4-11(10)15-7-12(17)16-9-2-3-9/h1,4-5,9,15H,2-3,7H2,(H,16,17). The second-order valence-electron chi connectivity index (χ2n) is 4.00. The Hall–Kier alpha value is -1.73. The maximum atomic E-state index is 11.4. The average molecular weight is 250 g/mol. The predicted octanol–water partition coefficient (Wildman–Crippen LogP) is 1.90. The number of rotatable bonds is 4. The van der Waals surface area contributed by atoms with Gasteiger partial charge in [-0.25, -0.2) is 0 Å². The van der Waals surface area contributed by atoms with Crippen LogP contribution in [0.3, 0.4) is 0 Å². The van der Waals surface area contributed by atoms with E-state index in [0.29, 0.717) is 22.3 Å². The molecule has 1 amide bonds. The van der Waals surface area contributed by atoms with Gasteiger partial charge in [-0.15, -0.1) is 0 Å². The zero-order valence-corrected chi connectivity index (χ0v) is 9.92. The molecule has 2 rings (SSSR count). The molecule has 1 aromatic rings. The fraction of sp³-hybridized carbons (Fsp3) is 0.333. The monoisotopic (exact) mass is 249 g/mol. The van der Waals surface area contributed by atoms with Crippen LogP contribution in [0.15, 0.2) is 18.2 Å². The molecule has 0 saturated heterocycles. The molecule has 1 aliphatic carbocycles. The van der Waals surface area contributed by atoms with Gasteiger partial charge < -0.3 is 10.6 Å². The van der Waals surface area contributed by atoms with E-state index in [4.69, 9.17) is 16.9 Å². The van der Waals surface area contributed by atoms with E-state index in [0.717, 1.165) is 12.8 Å². The molecular formula is C12H12ClN3O. The molecule has 0 heterocycles. The Balaban J connectivity index is 1.89. The Morgan fingerprint density at radius 3 is 2.88 bits per heavy atom. The van der Waals surface area contributed by atoms with Gasteiger partial charge in [0.15, 0.2) is 0 Å². The summed E-state index contributed by atoms with van der Waals surface area (Å²) in [5.74, 6) is -0.0343. The van der Waals surface area contributed by atoms with Crippen LogP contribution in [0.1, 0.15) is 18.4 Å². The summed E-state index contributed by atoms with van der Waals surface area (Å²) in [6.45, 7) is 0.197. The van der Waals surface area contributed by atoms with Gasteiger partial charge in [0.25, 0.3) is 0 Å². The average Bonchev–Trinajstić information content (AvgIpc) is 3.11. The van der Waals surface area contributed by atoms with Crippen molar-refractivity contribution < 1.29 is 4.79 Å². The van der Waals surface area contributed by atoms with Gasteiger partial charge in [0.2, 0.25) is 5.91 Å². The summed E-state index contributed by atoms with van der Waals surface area (Å²) in [5.41, 5.74) is 1.17. The van der Waals surface area contributed by atoms with E-state index in [9.17, 15) is 4.79 Å². The molecular weight excluding hydrogens is 238 g/mol. The largest absolute Gasteiger partial charge is 0.375 e. The van der Waals surface area contributed by atoms with E-state index in [1.54, 1.807) is 18.2 Å². The van der Waals surface area contributed by atoms with Crippen LogP contribution in [0, 0.1) is 11.3 Å². The van der Waals surface area contributed by atoms with Crippen molar-refractivity contribution in [2.75, 3.05) is 11.9 Å². The summed E-state index contributed by atoms with van der Waals surface area (Å²) in [4.78, 5) is 11.4. The first-order chi connectivity index (χ1) is 8.19. The highest BCUT2D eigenvalue weighted by molar-refractivity contribution is 6.33. The Morgan fingerprint density at radius 2 is 2.29 bits per heavy atom. The van der Waals surface area contributed by atoms with Crippen molar-refractivity contribution >= 4 is 23.2 Å². The highest BCUT2D eigenvalue weighted by Gasteiger charge is 2.22. The third kappa shape index (κ3) is 3.36. The van der Waals surface area contributed by atoms with Crippen LogP contribution in [0.4, 0.5) is 5.69 Å². The van der Waals surface area contributed by atoms with Crippen molar-refractivity contribution in [3.05, 3.63) is 28.8 Å². The number of nitrogens with zero attached hydrogens (tertiary/aromatic N) is 1. The van der Waals surface area contributed by atoms with Gasteiger partial charge in [0.1, 0.15) is 0 Å². The number of hydrogen-bond donors (Lipinski definition) is 2. The summed E-state index contributed by atoms with van der Waals surface area (Å²) in [6, 6.07) is 7.30. The molecule has 2 N–H and O–H groups in total. The lowest BCUT2D eigenvalue weighted by Crippen LogP contribution is -2.31. The fourth-order valence-corrected chi connectivity index (χ4v) is 1.66. The lowest BCUT2D eigenvalue weighted by atomic mass is 10.2. The van der Waals surface area contributed by atoms with Gasteiger partial charge in [-0.05, 0) is 31.0 Å². The number of nitriles is 1. The predicted molar refractivity (Wildman–Crippen MR) is 65.8 cm³/mol. The van der Waals surface area contributed by atoms with Crippen molar-refractivity contribution in [3.8, 4) is 6.07 Å². The van der Waals surface area contributed by atoms with Crippen LogP contribution in [0.2, 0.25) is 5.02 Å². The number of benzene rings is 1. The molecule has 0 unspecified atom stereocenters. The quantitative estimate of drug-likeness (QED) is 0.857. The second-order valence-corrected chi connectivity index (χ2v) is 4.41. The zero-order chi connectivity index (χ0) is 12.3. The molecule has 17 heavy (non-hydrogen) atoms. The summed E-state index contributed by atoms with van der Waals surface area (Å²) in [5, 5.41) is 14.9. The molecule has 1 fully saturated rings. The van der Waals surface area contributed by atoms with E-state index in [2.05, 4.69) is 10.6 Å². The maximum absolute atomic E-state index is 11.4. The molecule has 0 radical (unpaired) electrons. The maximum Gasteiger partial charge on any atom is 0.239 e. The number of hydrogen-bond acceptors (Lipinski definition) is 3. The van der Waals surface area contributed by atoms with Crippen molar-refractivity contribution in [2.24, 2.45) is 0 Å². The van der Waals surface area contributed by atoms with Gasteiger partial charge >= 0.3 is 0 Å². The number of halogens is 1. The van der Waals surface area contributed by atoms with E-state index < -0.39 is 0 Å². The lowest BCUT2D eigenvalue weighted by Gasteiger charge is -2.08. The second kappa shape index (κ2) is 5.07. The Morgan fingerprint density at radius 1 is 1.53 bits per heavy atom. The van der Waals surface area contributed by atoms with E-state index >= 15 is 0 Å². The van der Waals surface area contributed by atoms with Crippen LogP contribution in [-0.4, -0.2) is 18.5 Å². The highest BCUT2D eigenvalue weighted by atomic mass is 35.5. The summed E-state index contributed by atoms with van der Waals surface area (Å²) >= 11 is 5.96. The van der Waals surface area contributed by atoms with E-state index in [1.807, 2.05) is 6.07 Å². The van der Waals surface area contributed by atoms with Crippen LogP contribution in [0.5, 0.6) is 0 Å². The van der Waals surface area contributed by atoms with Crippen molar-refractivity contribution in [3.63, 3.8) is 0 Å². The molecule has 88 valence electrons. The molecule has 1 aromatic carbocycles. The Bertz CT molecular complexity index is 477. The van der Waals surface area contributed by atoms with Gasteiger partial charge in [-0.3, -0.25) is 4.79 Å². The molecule has 1 aliphatic rings. The Kier molecular flexibility index (Phi) is 3.50. The Labute approximate surface area is 105 Å². The summed E-state index contributed by atoms with van der Waals surface area (Å²) in [6.07, 6.45) is 2.15. The fourth-order valence-electron chi connectivity index (χ4n) is 1.41. The normalized spacial score (nSPS) is 13.9. The first kappa shape index (κ1) is 11.7. The molecule has 4 nitrogen and oxygen atoms in total. The molecule has 0 atom stereocenters. The van der Waals surface area contributed by atoms with Crippen LogP contribution >= 0.6 is 11.6 Å². The smallest absolute Gasteiger partial charge is 0.239 e. The number of anilines is 1. The minimum absolute atomic E-state index is 0.0343. The zero-order valence-electron chi connectivity index (χ0n) is 9.16. The van der Waals surface area contributed by atoms with Crippen LogP contribution in [-0.2, 0) is 4.79 Å². The molecule has 0 bridgehead atoms. The third-order valence-electron chi connectivity index (χ3n) is 2.48. The highest BCUT2D eigenvalue weighted by Crippen LogP contribution is 2.22. The molecule has 5 heteroatoms. The SMILES string of the molecule is N#Cc1ccc(NCC(=O)NC2CC2)c(Cl)c1. The number of carbonyl (C=O) groups is 1. The van der Waals surface area contributed by atoms with Gasteiger partial charge in [0.05, 0.1) is 28.9 Å².